The fraction of sp³-hybridized carbons (Fsp3) is 0.818. The molecule has 0 bridgehead atoms. The third-order valence-corrected chi connectivity index (χ3v) is 2.77. The highest BCUT2D eigenvalue weighted by molar-refractivity contribution is 5.76. The second-order valence-corrected chi connectivity index (χ2v) is 4.15. The fourth-order valence-corrected chi connectivity index (χ4v) is 1.90. The Morgan fingerprint density at radius 3 is 2.65 bits per heavy atom. The molecule has 1 fully saturated rings. The largest absolute Gasteiger partial charge is 0.338 e. The van der Waals surface area contributed by atoms with Gasteiger partial charge >= 0.3 is 6.03 Å². The lowest BCUT2D eigenvalue weighted by molar-refractivity contribution is 0.0796. The first kappa shape index (κ1) is 13.8. The first-order valence-electron chi connectivity index (χ1n) is 6.20. The zero-order chi connectivity index (χ0) is 12.7. The Kier molecular flexibility index (Phi) is 5.76. The summed E-state index contributed by atoms with van der Waals surface area (Å²) < 4.78 is 0. The molecule has 0 atom stereocenters. The molecule has 0 spiro atoms. The van der Waals surface area contributed by atoms with Gasteiger partial charge < -0.3 is 10.6 Å². The molecule has 98 valence electrons. The van der Waals surface area contributed by atoms with Crippen LogP contribution >= 0.6 is 0 Å². The van der Waals surface area contributed by atoms with E-state index >= 15 is 0 Å². The summed E-state index contributed by atoms with van der Waals surface area (Å²) in [7, 11) is 1.82. The number of nitrogens with zero attached hydrogens (tertiary/aromatic N) is 4. The molecule has 6 nitrogen and oxygen atoms in total. The van der Waals surface area contributed by atoms with Gasteiger partial charge in [-0.05, 0) is 19.3 Å². The van der Waals surface area contributed by atoms with Crippen LogP contribution in [0.4, 0.5) is 4.79 Å². The van der Waals surface area contributed by atoms with Gasteiger partial charge in [0, 0.05) is 26.7 Å². The first-order chi connectivity index (χ1) is 8.20. The molecule has 0 radical (unpaired) electrons. The van der Waals surface area contributed by atoms with E-state index in [0.717, 1.165) is 32.4 Å². The van der Waals surface area contributed by atoms with Crippen molar-refractivity contribution in [2.75, 3.05) is 33.4 Å². The van der Waals surface area contributed by atoms with Crippen molar-refractivity contribution in [3.05, 3.63) is 0 Å². The molecule has 0 saturated carbocycles. The molecule has 6 heteroatoms. The summed E-state index contributed by atoms with van der Waals surface area (Å²) in [6.45, 7) is 4.71. The van der Waals surface area contributed by atoms with Crippen LogP contribution in [0.15, 0.2) is 4.99 Å². The number of carbonyl (C=O) groups excluding carboxylic acids is 1. The van der Waals surface area contributed by atoms with Crippen molar-refractivity contribution >= 4 is 12.4 Å². The lowest BCUT2D eigenvalue weighted by Crippen LogP contribution is -2.50. The second kappa shape index (κ2) is 7.11. The predicted octanol–water partition coefficient (Wildman–Crippen LogP) is 0.706. The predicted molar refractivity (Wildman–Crippen MR) is 68.5 cm³/mol. The Bertz CT molecular complexity index is 263. The number of rotatable bonds is 5. The van der Waals surface area contributed by atoms with Gasteiger partial charge in [0.25, 0.3) is 0 Å². The van der Waals surface area contributed by atoms with Gasteiger partial charge in [0.05, 0.1) is 6.67 Å². The SMILES string of the molecule is CCCN(C(=O)N1CCCC1)N(C)C=NCN. The maximum atomic E-state index is 12.3. The van der Waals surface area contributed by atoms with E-state index in [1.165, 1.54) is 0 Å². The van der Waals surface area contributed by atoms with Gasteiger partial charge in [-0.3, -0.25) is 10.0 Å². The highest BCUT2D eigenvalue weighted by atomic mass is 16.2. The van der Waals surface area contributed by atoms with E-state index in [1.807, 2.05) is 11.9 Å². The maximum absolute atomic E-state index is 12.3. The van der Waals surface area contributed by atoms with Crippen LogP contribution in [0.1, 0.15) is 26.2 Å². The topological polar surface area (TPSA) is 65.2 Å². The number of nitrogens with two attached hydrogens (primary N) is 1. The number of hydrogen-bond donors (Lipinski definition) is 1. The van der Waals surface area contributed by atoms with E-state index in [4.69, 9.17) is 5.73 Å². The standard InChI is InChI=1S/C11H23N5O/c1-3-6-16(14(2)10-13-9-12)11(17)15-7-4-5-8-15/h10H,3-9,12H2,1-2H3. The molecule has 17 heavy (non-hydrogen) atoms. The van der Waals surface area contributed by atoms with Crippen LogP contribution < -0.4 is 5.73 Å². The van der Waals surface area contributed by atoms with Gasteiger partial charge in [-0.1, -0.05) is 6.92 Å². The zero-order valence-electron chi connectivity index (χ0n) is 10.8. The average molecular weight is 241 g/mol. The summed E-state index contributed by atoms with van der Waals surface area (Å²) in [6, 6.07) is 0.0651. The second-order valence-electron chi connectivity index (χ2n) is 4.15. The van der Waals surface area contributed by atoms with Crippen molar-refractivity contribution < 1.29 is 4.79 Å². The zero-order valence-corrected chi connectivity index (χ0v) is 10.8. The van der Waals surface area contributed by atoms with Gasteiger partial charge in [-0.15, -0.1) is 0 Å². The Labute approximate surface area is 103 Å². The molecule has 0 aromatic carbocycles. The fourth-order valence-electron chi connectivity index (χ4n) is 1.90. The molecule has 1 aliphatic heterocycles. The Balaban J connectivity index is 2.62. The molecule has 0 aliphatic carbocycles. The highest BCUT2D eigenvalue weighted by Gasteiger charge is 2.24. The summed E-state index contributed by atoms with van der Waals surface area (Å²) in [5.41, 5.74) is 5.31. The van der Waals surface area contributed by atoms with Crippen molar-refractivity contribution in [3.8, 4) is 0 Å². The minimum atomic E-state index is 0.0651. The number of hydrazine groups is 1. The molecule has 0 aromatic rings. The van der Waals surface area contributed by atoms with Crippen LogP contribution in [0.3, 0.4) is 0 Å². The summed E-state index contributed by atoms with van der Waals surface area (Å²) in [5.74, 6) is 0. The van der Waals surface area contributed by atoms with Crippen molar-refractivity contribution in [1.29, 1.82) is 0 Å². The number of amides is 2. The molecule has 2 N–H and O–H groups in total. The van der Waals surface area contributed by atoms with Crippen LogP contribution in [-0.4, -0.2) is 60.6 Å². The third-order valence-electron chi connectivity index (χ3n) is 2.77. The Morgan fingerprint density at radius 2 is 2.12 bits per heavy atom. The summed E-state index contributed by atoms with van der Waals surface area (Å²) in [5, 5.41) is 3.43. The quantitative estimate of drug-likeness (QED) is 0.438. The van der Waals surface area contributed by atoms with Crippen molar-refractivity contribution in [3.63, 3.8) is 0 Å². The molecule has 2 amide bonds. The van der Waals surface area contributed by atoms with Crippen LogP contribution in [0.5, 0.6) is 0 Å². The Hall–Kier alpha value is -1.30. The van der Waals surface area contributed by atoms with E-state index in [1.54, 1.807) is 16.4 Å². The van der Waals surface area contributed by atoms with E-state index in [9.17, 15) is 4.79 Å². The van der Waals surface area contributed by atoms with E-state index in [-0.39, 0.29) is 12.7 Å². The van der Waals surface area contributed by atoms with Gasteiger partial charge in [0.1, 0.15) is 6.34 Å². The van der Waals surface area contributed by atoms with Crippen LogP contribution in [0.2, 0.25) is 0 Å². The first-order valence-corrected chi connectivity index (χ1v) is 6.20. The minimum Gasteiger partial charge on any atom is -0.323 e. The lowest BCUT2D eigenvalue weighted by Gasteiger charge is -2.33. The third kappa shape index (κ3) is 3.89. The van der Waals surface area contributed by atoms with Crippen LogP contribution in [0, 0.1) is 0 Å². The summed E-state index contributed by atoms with van der Waals surface area (Å²) >= 11 is 0. The van der Waals surface area contributed by atoms with Crippen molar-refractivity contribution in [1.82, 2.24) is 14.9 Å². The van der Waals surface area contributed by atoms with Gasteiger partial charge in [0.2, 0.25) is 0 Å². The van der Waals surface area contributed by atoms with Gasteiger partial charge in [0.15, 0.2) is 0 Å². The molecule has 1 rings (SSSR count). The molecule has 0 aromatic heterocycles. The molecule has 1 aliphatic rings. The van der Waals surface area contributed by atoms with Crippen LogP contribution in [-0.2, 0) is 0 Å². The monoisotopic (exact) mass is 241 g/mol. The molecule has 0 unspecified atom stereocenters. The van der Waals surface area contributed by atoms with Crippen LogP contribution in [0.25, 0.3) is 0 Å². The summed E-state index contributed by atoms with van der Waals surface area (Å²) in [4.78, 5) is 18.1. The summed E-state index contributed by atoms with van der Waals surface area (Å²) in [6.07, 6.45) is 4.72. The van der Waals surface area contributed by atoms with E-state index in [0.29, 0.717) is 6.54 Å². The number of likely N-dealkylation sites (tertiary alicyclic amines) is 1. The average Bonchev–Trinajstić information content (AvgIpc) is 2.86. The smallest absolute Gasteiger partial charge is 0.323 e. The van der Waals surface area contributed by atoms with Gasteiger partial charge in [-0.25, -0.2) is 9.80 Å². The molecular weight excluding hydrogens is 218 g/mol. The molecule has 1 saturated heterocycles. The molecular formula is C11H23N5O. The number of urea groups is 1. The minimum absolute atomic E-state index is 0.0651. The van der Waals surface area contributed by atoms with Gasteiger partial charge in [-0.2, -0.15) is 0 Å². The maximum Gasteiger partial charge on any atom is 0.338 e. The molecule has 1 heterocycles. The van der Waals surface area contributed by atoms with Crippen molar-refractivity contribution in [2.24, 2.45) is 10.7 Å². The van der Waals surface area contributed by atoms with Crippen molar-refractivity contribution in [2.45, 2.75) is 26.2 Å². The highest BCUT2D eigenvalue weighted by Crippen LogP contribution is 2.11. The lowest BCUT2D eigenvalue weighted by atomic mass is 10.4. The number of carbonyl (C=O) groups is 1. The van der Waals surface area contributed by atoms with E-state index in [2.05, 4.69) is 11.9 Å². The number of aliphatic imine (C=N–C) groups is 1. The Morgan fingerprint density at radius 1 is 1.47 bits per heavy atom. The van der Waals surface area contributed by atoms with E-state index < -0.39 is 0 Å². The normalized spacial score (nSPS) is 15.6. The number of hydrogen-bond acceptors (Lipinski definition) is 3.